The molecule has 4 N–H and O–H groups in total. The Hall–Kier alpha value is -1.59. The third kappa shape index (κ3) is 3.21. The van der Waals surface area contributed by atoms with Crippen LogP contribution in [0.25, 0.3) is 0 Å². The first-order valence-electron chi connectivity index (χ1n) is 5.82. The normalized spacial score (nSPS) is 19.2. The van der Waals surface area contributed by atoms with Crippen molar-refractivity contribution >= 4 is 29.1 Å². The highest BCUT2D eigenvalue weighted by molar-refractivity contribution is 6.33. The molecule has 1 heterocycles. The van der Waals surface area contributed by atoms with E-state index < -0.39 is 0 Å². The van der Waals surface area contributed by atoms with Crippen molar-refractivity contribution in [1.29, 1.82) is 0 Å². The largest absolute Gasteiger partial charge is 0.345 e. The molecule has 5 nitrogen and oxygen atoms in total. The molecule has 1 saturated heterocycles. The average Bonchev–Trinajstić information content (AvgIpc) is 2.35. The molecule has 2 amide bonds. The van der Waals surface area contributed by atoms with Crippen LogP contribution in [0, 0.1) is 0 Å². The number of para-hydroxylation sites is 1. The number of rotatable bonds is 3. The van der Waals surface area contributed by atoms with Crippen molar-refractivity contribution in [3.8, 4) is 0 Å². The van der Waals surface area contributed by atoms with Crippen LogP contribution in [-0.2, 0) is 9.59 Å². The molecule has 0 aliphatic carbocycles. The van der Waals surface area contributed by atoms with Crippen molar-refractivity contribution in [2.24, 2.45) is 0 Å². The van der Waals surface area contributed by atoms with Crippen molar-refractivity contribution in [3.05, 3.63) is 29.3 Å². The first kappa shape index (κ1) is 12.9. The van der Waals surface area contributed by atoms with E-state index in [4.69, 9.17) is 11.6 Å². The molecule has 1 aromatic rings. The maximum atomic E-state index is 11.8. The lowest BCUT2D eigenvalue weighted by Crippen LogP contribution is -2.96. The van der Waals surface area contributed by atoms with Crippen LogP contribution in [0.4, 0.5) is 5.69 Å². The molecule has 0 unspecified atom stereocenters. The van der Waals surface area contributed by atoms with Gasteiger partial charge in [-0.1, -0.05) is 23.7 Å². The predicted molar refractivity (Wildman–Crippen MR) is 68.3 cm³/mol. The first-order valence-corrected chi connectivity index (χ1v) is 6.20. The summed E-state index contributed by atoms with van der Waals surface area (Å²) in [6.07, 6.45) is 0.150. The minimum absolute atomic E-state index is 0.0874. The Bertz CT molecular complexity index is 464. The van der Waals surface area contributed by atoms with Crippen LogP contribution in [0.15, 0.2) is 24.3 Å². The summed E-state index contributed by atoms with van der Waals surface area (Å²) < 4.78 is 0. The number of halogens is 1. The molecule has 0 saturated carbocycles. The molecule has 1 atom stereocenters. The Morgan fingerprint density at radius 1 is 1.50 bits per heavy atom. The van der Waals surface area contributed by atoms with E-state index in [-0.39, 0.29) is 24.3 Å². The quantitative estimate of drug-likeness (QED) is 0.706. The van der Waals surface area contributed by atoms with Crippen LogP contribution in [0.1, 0.15) is 6.42 Å². The van der Waals surface area contributed by atoms with E-state index >= 15 is 0 Å². The van der Waals surface area contributed by atoms with E-state index in [2.05, 4.69) is 10.6 Å². The number of quaternary nitrogens is 1. The van der Waals surface area contributed by atoms with Crippen molar-refractivity contribution in [1.82, 2.24) is 5.32 Å². The Morgan fingerprint density at radius 3 is 3.00 bits per heavy atom. The van der Waals surface area contributed by atoms with Gasteiger partial charge in [-0.2, -0.15) is 0 Å². The highest BCUT2D eigenvalue weighted by Gasteiger charge is 2.27. The number of carbonyl (C=O) groups is 2. The fourth-order valence-electron chi connectivity index (χ4n) is 1.86. The number of hydrogen-bond acceptors (Lipinski definition) is 2. The summed E-state index contributed by atoms with van der Waals surface area (Å²) in [6.45, 7) is 1.46. The van der Waals surface area contributed by atoms with Crippen LogP contribution in [0.2, 0.25) is 5.02 Å². The predicted octanol–water partition coefficient (Wildman–Crippen LogP) is -0.270. The molecule has 18 heavy (non-hydrogen) atoms. The summed E-state index contributed by atoms with van der Waals surface area (Å²) in [5.41, 5.74) is 0.570. The number of benzene rings is 1. The molecular formula is C12H15ClN3O2+. The van der Waals surface area contributed by atoms with Gasteiger partial charge in [0.15, 0.2) is 6.04 Å². The lowest BCUT2D eigenvalue weighted by molar-refractivity contribution is -0.678. The number of amides is 2. The van der Waals surface area contributed by atoms with E-state index in [9.17, 15) is 9.59 Å². The molecule has 2 rings (SSSR count). The highest BCUT2D eigenvalue weighted by atomic mass is 35.5. The van der Waals surface area contributed by atoms with Gasteiger partial charge in [-0.25, -0.2) is 0 Å². The topological polar surface area (TPSA) is 74.8 Å². The number of anilines is 1. The maximum Gasteiger partial charge on any atom is 0.278 e. The van der Waals surface area contributed by atoms with Crippen molar-refractivity contribution in [3.63, 3.8) is 0 Å². The summed E-state index contributed by atoms with van der Waals surface area (Å²) in [5.74, 6) is -0.294. The SMILES string of the molecule is O=C(C[C@H]1[NH2+]CCNC1=O)Nc1ccccc1Cl. The monoisotopic (exact) mass is 268 g/mol. The molecule has 0 aromatic heterocycles. The smallest absolute Gasteiger partial charge is 0.278 e. The summed E-state index contributed by atoms with van der Waals surface area (Å²) in [6, 6.07) is 6.67. The van der Waals surface area contributed by atoms with Crippen LogP contribution >= 0.6 is 11.6 Å². The zero-order chi connectivity index (χ0) is 13.0. The van der Waals surface area contributed by atoms with Gasteiger partial charge >= 0.3 is 0 Å². The molecule has 0 bridgehead atoms. The standard InChI is InChI=1S/C12H14ClN3O2/c13-8-3-1-2-4-9(8)16-11(17)7-10-12(18)15-6-5-14-10/h1-4,10,14H,5-7H2,(H,15,18)(H,16,17)/p+1/t10-/m1/s1. The number of hydrogen-bond donors (Lipinski definition) is 3. The lowest BCUT2D eigenvalue weighted by atomic mass is 10.1. The van der Waals surface area contributed by atoms with Gasteiger partial charge in [0, 0.05) is 0 Å². The van der Waals surface area contributed by atoms with Crippen LogP contribution in [-0.4, -0.2) is 30.9 Å². The third-order valence-corrected chi connectivity index (χ3v) is 3.11. The second kappa shape index (κ2) is 5.84. The van der Waals surface area contributed by atoms with Gasteiger partial charge in [0.25, 0.3) is 5.91 Å². The first-order chi connectivity index (χ1) is 8.66. The maximum absolute atomic E-state index is 11.8. The van der Waals surface area contributed by atoms with Gasteiger partial charge in [0.2, 0.25) is 5.91 Å². The van der Waals surface area contributed by atoms with E-state index in [1.54, 1.807) is 24.3 Å². The second-order valence-electron chi connectivity index (χ2n) is 4.15. The third-order valence-electron chi connectivity index (χ3n) is 2.78. The van der Waals surface area contributed by atoms with Crippen LogP contribution in [0.3, 0.4) is 0 Å². The Balaban J connectivity index is 1.92. The summed E-state index contributed by atoms with van der Waals surface area (Å²) >= 11 is 5.94. The molecule has 96 valence electrons. The van der Waals surface area contributed by atoms with Crippen LogP contribution in [0.5, 0.6) is 0 Å². The molecule has 1 aliphatic heterocycles. The lowest BCUT2D eigenvalue weighted by Gasteiger charge is -2.19. The van der Waals surface area contributed by atoms with Gasteiger partial charge in [-0.05, 0) is 12.1 Å². The second-order valence-corrected chi connectivity index (χ2v) is 4.56. The minimum atomic E-state index is -0.346. The van der Waals surface area contributed by atoms with Crippen molar-refractivity contribution < 1.29 is 14.9 Å². The summed E-state index contributed by atoms with van der Waals surface area (Å²) in [5, 5.41) is 7.81. The molecule has 1 fully saturated rings. The molecule has 1 aliphatic rings. The molecule has 1 aromatic carbocycles. The Morgan fingerprint density at radius 2 is 2.28 bits per heavy atom. The van der Waals surface area contributed by atoms with Crippen LogP contribution < -0.4 is 16.0 Å². The van der Waals surface area contributed by atoms with E-state index in [0.717, 1.165) is 6.54 Å². The van der Waals surface area contributed by atoms with Gasteiger partial charge in [0.05, 0.1) is 30.2 Å². The van der Waals surface area contributed by atoms with E-state index in [1.807, 2.05) is 5.32 Å². The van der Waals surface area contributed by atoms with Gasteiger partial charge in [-0.15, -0.1) is 0 Å². The minimum Gasteiger partial charge on any atom is -0.345 e. The molecule has 0 spiro atoms. The fraction of sp³-hybridized carbons (Fsp3) is 0.333. The molecule has 0 radical (unpaired) electrons. The van der Waals surface area contributed by atoms with Gasteiger partial charge in [-0.3, -0.25) is 9.59 Å². The average molecular weight is 269 g/mol. The number of nitrogens with two attached hydrogens (primary N) is 1. The van der Waals surface area contributed by atoms with Crippen molar-refractivity contribution in [2.45, 2.75) is 12.5 Å². The Kier molecular flexibility index (Phi) is 4.17. The highest BCUT2D eigenvalue weighted by Crippen LogP contribution is 2.20. The summed E-state index contributed by atoms with van der Waals surface area (Å²) in [7, 11) is 0. The Labute approximate surface area is 110 Å². The van der Waals surface area contributed by atoms with E-state index in [1.165, 1.54) is 0 Å². The zero-order valence-electron chi connectivity index (χ0n) is 9.78. The van der Waals surface area contributed by atoms with Crippen molar-refractivity contribution in [2.75, 3.05) is 18.4 Å². The number of carbonyl (C=O) groups excluding carboxylic acids is 2. The number of piperazine rings is 1. The van der Waals surface area contributed by atoms with Gasteiger partial charge in [0.1, 0.15) is 0 Å². The van der Waals surface area contributed by atoms with Gasteiger partial charge < -0.3 is 16.0 Å². The molecular weight excluding hydrogens is 254 g/mol. The summed E-state index contributed by atoms with van der Waals surface area (Å²) in [4.78, 5) is 23.3. The van der Waals surface area contributed by atoms with E-state index in [0.29, 0.717) is 17.3 Å². The zero-order valence-corrected chi connectivity index (χ0v) is 10.5. The fourth-order valence-corrected chi connectivity index (χ4v) is 2.04. The molecule has 6 heteroatoms. The number of nitrogens with one attached hydrogen (secondary N) is 2.